The summed E-state index contributed by atoms with van der Waals surface area (Å²) < 4.78 is 0. The molecule has 1 aliphatic carbocycles. The Labute approximate surface area is 108 Å². The zero-order chi connectivity index (χ0) is 12.7. The molecule has 1 N–H and O–H groups in total. The van der Waals surface area contributed by atoms with Crippen molar-refractivity contribution in [2.45, 2.75) is 71.4 Å². The van der Waals surface area contributed by atoms with Gasteiger partial charge in [-0.25, -0.2) is 0 Å². The van der Waals surface area contributed by atoms with E-state index in [1.165, 1.54) is 45.1 Å². The molecule has 102 valence electrons. The van der Waals surface area contributed by atoms with Crippen LogP contribution in [0.2, 0.25) is 0 Å². The molecule has 1 rings (SSSR count). The molecule has 0 radical (unpaired) electrons. The molecule has 1 fully saturated rings. The van der Waals surface area contributed by atoms with E-state index >= 15 is 0 Å². The maximum Gasteiger partial charge on any atom is 0.0220 e. The molecule has 0 saturated heterocycles. The summed E-state index contributed by atoms with van der Waals surface area (Å²) in [7, 11) is 2.34. The fraction of sp³-hybridized carbons (Fsp3) is 1.00. The first kappa shape index (κ1) is 15.0. The van der Waals surface area contributed by atoms with E-state index in [1.807, 2.05) is 0 Å². The minimum absolute atomic E-state index is 0.738. The van der Waals surface area contributed by atoms with Crippen LogP contribution in [0.1, 0.15) is 59.3 Å². The van der Waals surface area contributed by atoms with Crippen molar-refractivity contribution in [3.63, 3.8) is 0 Å². The summed E-state index contributed by atoms with van der Waals surface area (Å²) in [5, 5.41) is 3.63. The van der Waals surface area contributed by atoms with Gasteiger partial charge in [0.2, 0.25) is 0 Å². The molecule has 0 amide bonds. The van der Waals surface area contributed by atoms with Crippen LogP contribution in [0.3, 0.4) is 0 Å². The second-order valence-corrected chi connectivity index (χ2v) is 6.10. The molecule has 1 aliphatic rings. The van der Waals surface area contributed by atoms with Crippen molar-refractivity contribution in [2.24, 2.45) is 5.92 Å². The van der Waals surface area contributed by atoms with Crippen LogP contribution in [0.25, 0.3) is 0 Å². The van der Waals surface area contributed by atoms with E-state index in [1.54, 1.807) is 0 Å². The van der Waals surface area contributed by atoms with Crippen LogP contribution in [0.15, 0.2) is 0 Å². The van der Waals surface area contributed by atoms with Crippen molar-refractivity contribution in [1.82, 2.24) is 10.2 Å². The normalized spacial score (nSPS) is 19.4. The molecule has 2 nitrogen and oxygen atoms in total. The van der Waals surface area contributed by atoms with E-state index in [9.17, 15) is 0 Å². The Morgan fingerprint density at radius 3 is 2.35 bits per heavy atom. The Balaban J connectivity index is 2.34. The molecule has 0 aromatic carbocycles. The highest BCUT2D eigenvalue weighted by Crippen LogP contribution is 2.24. The summed E-state index contributed by atoms with van der Waals surface area (Å²) in [6, 6.07) is 1.59. The second-order valence-electron chi connectivity index (χ2n) is 6.10. The molecule has 0 heterocycles. The van der Waals surface area contributed by atoms with E-state index in [4.69, 9.17) is 0 Å². The van der Waals surface area contributed by atoms with Gasteiger partial charge in [-0.05, 0) is 38.8 Å². The van der Waals surface area contributed by atoms with Crippen molar-refractivity contribution >= 4 is 0 Å². The predicted molar refractivity (Wildman–Crippen MR) is 76.4 cm³/mol. The zero-order valence-electron chi connectivity index (χ0n) is 12.3. The maximum atomic E-state index is 3.63. The van der Waals surface area contributed by atoms with E-state index < -0.39 is 0 Å². The molecular weight excluding hydrogens is 208 g/mol. The number of nitrogens with one attached hydrogen (secondary N) is 1. The van der Waals surface area contributed by atoms with Crippen molar-refractivity contribution in [3.8, 4) is 0 Å². The van der Waals surface area contributed by atoms with Crippen molar-refractivity contribution in [2.75, 3.05) is 20.1 Å². The minimum atomic E-state index is 0.738. The Morgan fingerprint density at radius 2 is 1.82 bits per heavy atom. The Hall–Kier alpha value is -0.0800. The van der Waals surface area contributed by atoms with Crippen molar-refractivity contribution in [1.29, 1.82) is 0 Å². The van der Waals surface area contributed by atoms with Gasteiger partial charge in [0.05, 0.1) is 0 Å². The third-order valence-corrected chi connectivity index (χ3v) is 4.03. The summed E-state index contributed by atoms with van der Waals surface area (Å²) >= 11 is 0. The SMILES string of the molecule is CCCC(CNCC(C)C)N(C)C1CCCC1. The Bertz CT molecular complexity index is 185. The number of likely N-dealkylation sites (N-methyl/N-ethyl adjacent to an activating group) is 1. The lowest BCUT2D eigenvalue weighted by atomic mass is 10.1. The van der Waals surface area contributed by atoms with E-state index in [0.29, 0.717) is 0 Å². The van der Waals surface area contributed by atoms with E-state index in [0.717, 1.165) is 24.5 Å². The van der Waals surface area contributed by atoms with Crippen LogP contribution in [-0.4, -0.2) is 37.1 Å². The van der Waals surface area contributed by atoms with Gasteiger partial charge < -0.3 is 5.32 Å². The standard InChI is InChI=1S/C15H32N2/c1-5-8-15(12-16-11-13(2)3)17(4)14-9-6-7-10-14/h13-16H,5-12H2,1-4H3. The van der Waals surface area contributed by atoms with Gasteiger partial charge in [-0.1, -0.05) is 40.0 Å². The van der Waals surface area contributed by atoms with Crippen LogP contribution in [-0.2, 0) is 0 Å². The van der Waals surface area contributed by atoms with Crippen LogP contribution < -0.4 is 5.32 Å². The first-order valence-corrected chi connectivity index (χ1v) is 7.57. The maximum absolute atomic E-state index is 3.63. The third kappa shape index (κ3) is 5.39. The third-order valence-electron chi connectivity index (χ3n) is 4.03. The van der Waals surface area contributed by atoms with Crippen LogP contribution in [0.4, 0.5) is 0 Å². The topological polar surface area (TPSA) is 15.3 Å². The van der Waals surface area contributed by atoms with Gasteiger partial charge >= 0.3 is 0 Å². The van der Waals surface area contributed by atoms with E-state index in [-0.39, 0.29) is 0 Å². The highest BCUT2D eigenvalue weighted by molar-refractivity contribution is 4.81. The fourth-order valence-corrected chi connectivity index (χ4v) is 2.93. The van der Waals surface area contributed by atoms with Gasteiger partial charge in [-0.15, -0.1) is 0 Å². The molecule has 0 spiro atoms. The molecule has 0 bridgehead atoms. The predicted octanol–water partition coefficient (Wildman–Crippen LogP) is 3.28. The number of nitrogens with zero attached hydrogens (tertiary/aromatic N) is 1. The smallest absolute Gasteiger partial charge is 0.0220 e. The van der Waals surface area contributed by atoms with Gasteiger partial charge in [0, 0.05) is 18.6 Å². The zero-order valence-corrected chi connectivity index (χ0v) is 12.3. The average molecular weight is 240 g/mol. The highest BCUT2D eigenvalue weighted by atomic mass is 15.2. The summed E-state index contributed by atoms with van der Waals surface area (Å²) in [5.41, 5.74) is 0. The first-order valence-electron chi connectivity index (χ1n) is 7.57. The average Bonchev–Trinajstić information content (AvgIpc) is 2.80. The molecule has 1 unspecified atom stereocenters. The minimum Gasteiger partial charge on any atom is -0.315 e. The Kier molecular flexibility index (Phi) is 7.14. The molecule has 0 aliphatic heterocycles. The summed E-state index contributed by atoms with van der Waals surface area (Å²) in [6.45, 7) is 9.18. The molecule has 0 aromatic heterocycles. The Morgan fingerprint density at radius 1 is 1.18 bits per heavy atom. The lowest BCUT2D eigenvalue weighted by Gasteiger charge is -2.33. The van der Waals surface area contributed by atoms with Gasteiger partial charge in [0.15, 0.2) is 0 Å². The first-order chi connectivity index (χ1) is 8.15. The number of rotatable bonds is 8. The van der Waals surface area contributed by atoms with Gasteiger partial charge in [-0.2, -0.15) is 0 Å². The molecule has 2 heteroatoms. The molecule has 0 aromatic rings. The second kappa shape index (κ2) is 8.10. The molecule has 1 saturated carbocycles. The van der Waals surface area contributed by atoms with Gasteiger partial charge in [-0.3, -0.25) is 4.90 Å². The monoisotopic (exact) mass is 240 g/mol. The largest absolute Gasteiger partial charge is 0.315 e. The van der Waals surface area contributed by atoms with Crippen molar-refractivity contribution < 1.29 is 0 Å². The summed E-state index contributed by atoms with van der Waals surface area (Å²) in [4.78, 5) is 2.66. The number of hydrogen-bond donors (Lipinski definition) is 1. The van der Waals surface area contributed by atoms with Crippen molar-refractivity contribution in [3.05, 3.63) is 0 Å². The van der Waals surface area contributed by atoms with Crippen LogP contribution in [0, 0.1) is 5.92 Å². The van der Waals surface area contributed by atoms with Gasteiger partial charge in [0.25, 0.3) is 0 Å². The fourth-order valence-electron chi connectivity index (χ4n) is 2.93. The van der Waals surface area contributed by atoms with Crippen LogP contribution >= 0.6 is 0 Å². The molecule has 17 heavy (non-hydrogen) atoms. The quantitative estimate of drug-likeness (QED) is 0.700. The lowest BCUT2D eigenvalue weighted by molar-refractivity contribution is 0.161. The summed E-state index contributed by atoms with van der Waals surface area (Å²) in [5.74, 6) is 0.758. The lowest BCUT2D eigenvalue weighted by Crippen LogP contribution is -2.45. The van der Waals surface area contributed by atoms with Gasteiger partial charge in [0.1, 0.15) is 0 Å². The van der Waals surface area contributed by atoms with E-state index in [2.05, 4.69) is 38.0 Å². The highest BCUT2D eigenvalue weighted by Gasteiger charge is 2.24. The molecular formula is C15H32N2. The molecule has 1 atom stereocenters. The van der Waals surface area contributed by atoms with Crippen LogP contribution in [0.5, 0.6) is 0 Å². The number of hydrogen-bond acceptors (Lipinski definition) is 2. The summed E-state index contributed by atoms with van der Waals surface area (Å²) in [6.07, 6.45) is 8.34.